The van der Waals surface area contributed by atoms with Crippen LogP contribution >= 0.6 is 0 Å². The largest absolute Gasteiger partial charge is 0.305 e. The number of aromatic nitrogens is 2. The Bertz CT molecular complexity index is 3110. The van der Waals surface area contributed by atoms with Gasteiger partial charge in [-0.1, -0.05) is 172 Å². The molecule has 0 bridgehead atoms. The summed E-state index contributed by atoms with van der Waals surface area (Å²) in [5.74, 6) is 0. The van der Waals surface area contributed by atoms with E-state index in [2.05, 4.69) is 215 Å². The van der Waals surface area contributed by atoms with Crippen LogP contribution in [0, 0.1) is 12.1 Å². The van der Waals surface area contributed by atoms with Crippen molar-refractivity contribution < 1.29 is 20.1 Å². The van der Waals surface area contributed by atoms with E-state index in [0.29, 0.717) is 0 Å². The summed E-state index contributed by atoms with van der Waals surface area (Å²) in [6.45, 7) is 24.9. The van der Waals surface area contributed by atoms with E-state index in [1.807, 2.05) is 18.5 Å². The molecule has 0 saturated carbocycles. The minimum atomic E-state index is -0.174. The van der Waals surface area contributed by atoms with Gasteiger partial charge in [0, 0.05) is 37.9 Å². The molecule has 1 radical (unpaired) electrons. The van der Waals surface area contributed by atoms with Gasteiger partial charge in [0.2, 0.25) is 0 Å². The zero-order valence-corrected chi connectivity index (χ0v) is 40.4. The predicted octanol–water partition coefficient (Wildman–Crippen LogP) is 15.9. The van der Waals surface area contributed by atoms with Crippen molar-refractivity contribution in [1.29, 1.82) is 0 Å². The zero-order chi connectivity index (χ0) is 43.1. The summed E-state index contributed by atoms with van der Waals surface area (Å²) in [6.07, 6.45) is 3.88. The first-order valence-corrected chi connectivity index (χ1v) is 21.7. The van der Waals surface area contributed by atoms with Crippen LogP contribution in [-0.4, -0.2) is 9.97 Å². The molecule has 0 aliphatic heterocycles. The fourth-order valence-corrected chi connectivity index (χ4v) is 9.35. The third-order valence-electron chi connectivity index (χ3n) is 12.9. The molecule has 1 aliphatic carbocycles. The van der Waals surface area contributed by atoms with Crippen LogP contribution in [0.25, 0.3) is 76.7 Å². The maximum atomic E-state index is 5.06. The van der Waals surface area contributed by atoms with Crippen molar-refractivity contribution in [2.45, 2.75) is 97.8 Å². The molecule has 2 nitrogen and oxygen atoms in total. The molecule has 10 rings (SSSR count). The van der Waals surface area contributed by atoms with Crippen molar-refractivity contribution >= 4 is 43.1 Å². The first-order valence-electron chi connectivity index (χ1n) is 21.7. The normalized spacial score (nSPS) is 13.4. The van der Waals surface area contributed by atoms with E-state index < -0.39 is 0 Å². The van der Waals surface area contributed by atoms with Crippen LogP contribution in [0.15, 0.2) is 140 Å². The van der Waals surface area contributed by atoms with Crippen molar-refractivity contribution in [2.24, 2.45) is 0 Å². The van der Waals surface area contributed by atoms with Crippen LogP contribution < -0.4 is 0 Å². The summed E-state index contributed by atoms with van der Waals surface area (Å²) in [5, 5.41) is 10.2. The molecule has 1 aliphatic rings. The predicted molar refractivity (Wildman–Crippen MR) is 261 cm³/mol. The Balaban J connectivity index is 0.000000214. The first kappa shape index (κ1) is 43.2. The SMILES string of the molecule is CC(C)(C)c1cc[c-]c(-c2cc(C(C)(C)C)ccn2)c1.CC(C)(C)c1ccc2c(ccc3c4cc[c-]c(-c5nccc6c5C(C)(C)c5ccc7ccccc7c5-6)c4ccc23)c1.[Ir]. The number of benzene rings is 7. The van der Waals surface area contributed by atoms with Crippen LogP contribution in [-0.2, 0) is 41.8 Å². The van der Waals surface area contributed by atoms with E-state index in [9.17, 15) is 0 Å². The van der Waals surface area contributed by atoms with Gasteiger partial charge in [0.05, 0.1) is 0 Å². The van der Waals surface area contributed by atoms with Gasteiger partial charge in [-0.3, -0.25) is 0 Å². The van der Waals surface area contributed by atoms with Crippen LogP contribution in [0.4, 0.5) is 0 Å². The van der Waals surface area contributed by atoms with Gasteiger partial charge in [-0.2, -0.15) is 0 Å². The first-order chi connectivity index (χ1) is 28.9. The second-order valence-corrected chi connectivity index (χ2v) is 20.6. The van der Waals surface area contributed by atoms with Gasteiger partial charge in [-0.05, 0) is 105 Å². The summed E-state index contributed by atoms with van der Waals surface area (Å²) in [5.41, 5.74) is 13.7. The summed E-state index contributed by atoms with van der Waals surface area (Å²) >= 11 is 0. The molecule has 313 valence electrons. The second kappa shape index (κ2) is 15.7. The fourth-order valence-electron chi connectivity index (χ4n) is 9.35. The van der Waals surface area contributed by atoms with Crippen molar-refractivity contribution in [2.75, 3.05) is 0 Å². The van der Waals surface area contributed by atoms with Gasteiger partial charge >= 0.3 is 0 Å². The Labute approximate surface area is 382 Å². The number of hydrogen-bond acceptors (Lipinski definition) is 2. The molecule has 0 atom stereocenters. The topological polar surface area (TPSA) is 25.8 Å². The molecule has 0 amide bonds. The minimum Gasteiger partial charge on any atom is -0.305 e. The van der Waals surface area contributed by atoms with E-state index in [4.69, 9.17) is 4.98 Å². The second-order valence-electron chi connectivity index (χ2n) is 20.6. The van der Waals surface area contributed by atoms with Gasteiger partial charge in [-0.15, -0.1) is 59.2 Å². The molecule has 0 spiro atoms. The Hall–Kier alpha value is -5.47. The Kier molecular flexibility index (Phi) is 10.9. The van der Waals surface area contributed by atoms with Crippen LogP contribution in [0.1, 0.15) is 104 Å². The number of hydrogen-bond donors (Lipinski definition) is 0. The molecule has 3 heteroatoms. The molecular formula is C59H56IrN2-2. The standard InChI is InChI=1S/C40H32N.C19H24N.Ir/c1-39(2,3)26-15-17-27-25(23-26)13-16-31-29-11-8-12-33(32(29)19-18-30(27)31)38-37-34(21-22-41-38)36-28-10-7-6-9-24(28)14-20-35(36)40(37,4)5;1-18(2,3)15-9-7-8-14(12-15)17-13-16(10-11-20-17)19(4,5)6;/h6-11,13-23H,1-5H3;7,9-13H,1-6H3;/q2*-1;. The van der Waals surface area contributed by atoms with Gasteiger partial charge in [0.15, 0.2) is 0 Å². The van der Waals surface area contributed by atoms with Gasteiger partial charge in [0.25, 0.3) is 0 Å². The van der Waals surface area contributed by atoms with Crippen molar-refractivity contribution in [3.63, 3.8) is 0 Å². The maximum Gasteiger partial charge on any atom is 0.0167 e. The van der Waals surface area contributed by atoms with E-state index in [-0.39, 0.29) is 41.8 Å². The van der Waals surface area contributed by atoms with E-state index in [1.54, 1.807) is 0 Å². The number of fused-ring (bicyclic) bond motifs is 10. The third kappa shape index (κ3) is 7.58. The summed E-state index contributed by atoms with van der Waals surface area (Å²) < 4.78 is 0. The van der Waals surface area contributed by atoms with Crippen LogP contribution in [0.3, 0.4) is 0 Å². The molecule has 0 N–H and O–H groups in total. The Morgan fingerprint density at radius 2 is 1.08 bits per heavy atom. The van der Waals surface area contributed by atoms with Crippen LogP contribution in [0.5, 0.6) is 0 Å². The number of pyridine rings is 2. The van der Waals surface area contributed by atoms with E-state index in [0.717, 1.165) is 22.5 Å². The molecule has 62 heavy (non-hydrogen) atoms. The molecule has 0 unspecified atom stereocenters. The number of nitrogens with zero attached hydrogens (tertiary/aromatic N) is 2. The molecular weight excluding hydrogens is 929 g/mol. The smallest absolute Gasteiger partial charge is 0.0167 e. The Morgan fingerprint density at radius 3 is 1.84 bits per heavy atom. The van der Waals surface area contributed by atoms with Crippen LogP contribution in [0.2, 0.25) is 0 Å². The molecule has 9 aromatic rings. The van der Waals surface area contributed by atoms with Crippen molar-refractivity contribution in [3.05, 3.63) is 180 Å². The average Bonchev–Trinajstić information content (AvgIpc) is 3.48. The average molecular weight is 985 g/mol. The molecule has 0 fully saturated rings. The minimum absolute atomic E-state index is 0. The maximum absolute atomic E-state index is 5.06. The summed E-state index contributed by atoms with van der Waals surface area (Å²) in [4.78, 5) is 9.58. The van der Waals surface area contributed by atoms with Gasteiger partial charge in [-0.25, -0.2) is 0 Å². The number of rotatable bonds is 2. The summed E-state index contributed by atoms with van der Waals surface area (Å²) in [7, 11) is 0. The van der Waals surface area contributed by atoms with E-state index >= 15 is 0 Å². The van der Waals surface area contributed by atoms with Gasteiger partial charge < -0.3 is 9.97 Å². The molecule has 2 aromatic heterocycles. The van der Waals surface area contributed by atoms with Crippen molar-refractivity contribution in [1.82, 2.24) is 9.97 Å². The van der Waals surface area contributed by atoms with Crippen molar-refractivity contribution in [3.8, 4) is 33.6 Å². The summed E-state index contributed by atoms with van der Waals surface area (Å²) in [6, 6.07) is 53.5. The van der Waals surface area contributed by atoms with Gasteiger partial charge in [0.1, 0.15) is 0 Å². The fraction of sp³-hybridized carbons (Fsp3) is 0.254. The zero-order valence-electron chi connectivity index (χ0n) is 38.0. The molecule has 0 saturated heterocycles. The quantitative estimate of drug-likeness (QED) is 0.127. The monoisotopic (exact) mass is 985 g/mol. The molecule has 2 heterocycles. The third-order valence-corrected chi connectivity index (χ3v) is 12.9. The van der Waals surface area contributed by atoms with E-state index in [1.165, 1.54) is 82.0 Å². The Morgan fingerprint density at radius 1 is 0.484 bits per heavy atom. The molecule has 7 aromatic carbocycles.